The summed E-state index contributed by atoms with van der Waals surface area (Å²) in [5.74, 6) is -0.714. The molecule has 0 aliphatic carbocycles. The molecule has 0 aliphatic rings. The van der Waals surface area contributed by atoms with Crippen molar-refractivity contribution in [3.63, 3.8) is 0 Å². The van der Waals surface area contributed by atoms with Crippen molar-refractivity contribution in [2.75, 3.05) is 5.32 Å². The van der Waals surface area contributed by atoms with E-state index in [0.717, 1.165) is 6.07 Å². The second kappa shape index (κ2) is 4.56. The second-order valence-corrected chi connectivity index (χ2v) is 3.83. The number of halogens is 2. The summed E-state index contributed by atoms with van der Waals surface area (Å²) in [5, 5.41) is 17.8. The number of hydrogen-bond donors (Lipinski definition) is 1. The molecule has 0 atom stereocenters. The maximum atomic E-state index is 13.4. The van der Waals surface area contributed by atoms with Crippen molar-refractivity contribution in [1.82, 2.24) is 25.3 Å². The van der Waals surface area contributed by atoms with E-state index in [4.69, 9.17) is 0 Å². The van der Waals surface area contributed by atoms with Crippen LogP contribution in [-0.4, -0.2) is 25.3 Å². The van der Waals surface area contributed by atoms with Crippen molar-refractivity contribution < 1.29 is 8.78 Å². The standard InChI is InChI=1S/C11H8F2N6/c12-8-2-1-7(9(13)5-8)6-14-10-3-4-11-15-17-18-19(11)16-10/h1-5H,6H2,(H,14,16). The zero-order valence-electron chi connectivity index (χ0n) is 9.59. The summed E-state index contributed by atoms with van der Waals surface area (Å²) in [7, 11) is 0. The summed E-state index contributed by atoms with van der Waals surface area (Å²) in [6, 6.07) is 6.78. The molecule has 8 heteroatoms. The molecule has 0 spiro atoms. The van der Waals surface area contributed by atoms with Gasteiger partial charge in [0.15, 0.2) is 5.65 Å². The van der Waals surface area contributed by atoms with E-state index in [2.05, 4.69) is 25.9 Å². The largest absolute Gasteiger partial charge is 0.364 e. The quantitative estimate of drug-likeness (QED) is 0.773. The minimum Gasteiger partial charge on any atom is -0.364 e. The van der Waals surface area contributed by atoms with E-state index in [1.807, 2.05) is 0 Å². The lowest BCUT2D eigenvalue weighted by Crippen LogP contribution is -2.06. The van der Waals surface area contributed by atoms with E-state index in [1.54, 1.807) is 12.1 Å². The van der Waals surface area contributed by atoms with Gasteiger partial charge in [-0.3, -0.25) is 0 Å². The Balaban J connectivity index is 1.77. The maximum absolute atomic E-state index is 13.4. The van der Waals surface area contributed by atoms with Gasteiger partial charge in [-0.05, 0) is 28.6 Å². The zero-order chi connectivity index (χ0) is 13.2. The lowest BCUT2D eigenvalue weighted by Gasteiger charge is -2.06. The first-order valence-corrected chi connectivity index (χ1v) is 5.45. The molecule has 0 bridgehead atoms. The van der Waals surface area contributed by atoms with Crippen LogP contribution in [0.15, 0.2) is 30.3 Å². The van der Waals surface area contributed by atoms with Gasteiger partial charge in [0.05, 0.1) is 0 Å². The molecule has 3 aromatic rings. The van der Waals surface area contributed by atoms with Crippen molar-refractivity contribution in [2.45, 2.75) is 6.54 Å². The van der Waals surface area contributed by atoms with Crippen molar-refractivity contribution >= 4 is 11.5 Å². The average Bonchev–Trinajstić information content (AvgIpc) is 2.85. The van der Waals surface area contributed by atoms with E-state index in [0.29, 0.717) is 17.0 Å². The molecule has 0 aliphatic heterocycles. The van der Waals surface area contributed by atoms with Crippen LogP contribution < -0.4 is 5.32 Å². The molecule has 0 saturated carbocycles. The Hall–Kier alpha value is -2.64. The number of fused-ring (bicyclic) bond motifs is 1. The highest BCUT2D eigenvalue weighted by atomic mass is 19.1. The first kappa shape index (κ1) is 11.5. The number of aromatic nitrogens is 5. The van der Waals surface area contributed by atoms with E-state index in [-0.39, 0.29) is 6.54 Å². The van der Waals surface area contributed by atoms with Crippen LogP contribution in [0.3, 0.4) is 0 Å². The smallest absolute Gasteiger partial charge is 0.200 e. The molecule has 1 N–H and O–H groups in total. The highest BCUT2D eigenvalue weighted by molar-refractivity contribution is 5.42. The van der Waals surface area contributed by atoms with Crippen LogP contribution in [0.2, 0.25) is 0 Å². The maximum Gasteiger partial charge on any atom is 0.200 e. The Morgan fingerprint density at radius 1 is 1.16 bits per heavy atom. The van der Waals surface area contributed by atoms with Gasteiger partial charge in [-0.25, -0.2) is 8.78 Å². The predicted molar refractivity (Wildman–Crippen MR) is 62.3 cm³/mol. The predicted octanol–water partition coefficient (Wildman–Crippen LogP) is 1.41. The molecule has 2 aromatic heterocycles. The highest BCUT2D eigenvalue weighted by Crippen LogP contribution is 2.11. The molecule has 2 heterocycles. The Morgan fingerprint density at radius 2 is 2.05 bits per heavy atom. The summed E-state index contributed by atoms with van der Waals surface area (Å²) in [4.78, 5) is 0. The number of nitrogens with one attached hydrogen (secondary N) is 1. The fourth-order valence-corrected chi connectivity index (χ4v) is 1.59. The van der Waals surface area contributed by atoms with E-state index in [1.165, 1.54) is 16.8 Å². The van der Waals surface area contributed by atoms with Crippen molar-refractivity contribution in [2.24, 2.45) is 0 Å². The van der Waals surface area contributed by atoms with Crippen LogP contribution in [0.25, 0.3) is 5.65 Å². The lowest BCUT2D eigenvalue weighted by molar-refractivity contribution is 0.574. The van der Waals surface area contributed by atoms with E-state index >= 15 is 0 Å². The summed E-state index contributed by atoms with van der Waals surface area (Å²) < 4.78 is 27.4. The number of rotatable bonds is 3. The third kappa shape index (κ3) is 2.32. The molecule has 3 rings (SSSR count). The second-order valence-electron chi connectivity index (χ2n) is 3.83. The van der Waals surface area contributed by atoms with Gasteiger partial charge >= 0.3 is 0 Å². The number of benzene rings is 1. The Morgan fingerprint density at radius 3 is 2.89 bits per heavy atom. The van der Waals surface area contributed by atoms with Gasteiger partial charge in [0.1, 0.15) is 17.5 Å². The highest BCUT2D eigenvalue weighted by Gasteiger charge is 2.05. The topological polar surface area (TPSA) is 68.0 Å². The SMILES string of the molecule is Fc1ccc(CNc2ccc3nnnn3n2)c(F)c1. The molecule has 0 amide bonds. The van der Waals surface area contributed by atoms with Crippen LogP contribution in [0.4, 0.5) is 14.6 Å². The molecule has 0 radical (unpaired) electrons. The van der Waals surface area contributed by atoms with E-state index in [9.17, 15) is 8.78 Å². The molecule has 1 aromatic carbocycles. The summed E-state index contributed by atoms with van der Waals surface area (Å²) >= 11 is 0. The normalized spacial score (nSPS) is 10.8. The average molecular weight is 262 g/mol. The number of hydrogen-bond acceptors (Lipinski definition) is 5. The van der Waals surface area contributed by atoms with Crippen molar-refractivity contribution in [3.8, 4) is 0 Å². The molecule has 0 fully saturated rings. The molecular weight excluding hydrogens is 254 g/mol. The minimum absolute atomic E-state index is 0.187. The Labute approximate surface area is 106 Å². The molecule has 96 valence electrons. The molecule has 6 nitrogen and oxygen atoms in total. The number of nitrogens with zero attached hydrogens (tertiary/aromatic N) is 5. The van der Waals surface area contributed by atoms with Gasteiger partial charge in [-0.1, -0.05) is 6.07 Å². The van der Waals surface area contributed by atoms with Gasteiger partial charge in [0, 0.05) is 18.2 Å². The lowest BCUT2D eigenvalue weighted by atomic mass is 10.2. The molecular formula is C11H8F2N6. The van der Waals surface area contributed by atoms with E-state index < -0.39 is 11.6 Å². The van der Waals surface area contributed by atoms with Crippen LogP contribution >= 0.6 is 0 Å². The van der Waals surface area contributed by atoms with Gasteiger partial charge in [0.25, 0.3) is 0 Å². The Kier molecular flexibility index (Phi) is 2.75. The first-order chi connectivity index (χ1) is 9.22. The van der Waals surface area contributed by atoms with Gasteiger partial charge in [-0.15, -0.1) is 14.8 Å². The summed E-state index contributed by atoms with van der Waals surface area (Å²) in [5.41, 5.74) is 0.860. The van der Waals surface area contributed by atoms with Gasteiger partial charge in [0.2, 0.25) is 0 Å². The molecule has 0 unspecified atom stereocenters. The number of anilines is 1. The zero-order valence-corrected chi connectivity index (χ0v) is 9.59. The molecule has 19 heavy (non-hydrogen) atoms. The third-order valence-electron chi connectivity index (χ3n) is 2.54. The van der Waals surface area contributed by atoms with Crippen LogP contribution in [0.5, 0.6) is 0 Å². The fourth-order valence-electron chi connectivity index (χ4n) is 1.59. The van der Waals surface area contributed by atoms with Crippen LogP contribution in [0, 0.1) is 11.6 Å². The minimum atomic E-state index is -0.602. The van der Waals surface area contributed by atoms with Gasteiger partial charge in [-0.2, -0.15) is 0 Å². The van der Waals surface area contributed by atoms with Crippen LogP contribution in [-0.2, 0) is 6.54 Å². The fraction of sp³-hybridized carbons (Fsp3) is 0.0909. The first-order valence-electron chi connectivity index (χ1n) is 5.45. The molecule has 0 saturated heterocycles. The van der Waals surface area contributed by atoms with Gasteiger partial charge < -0.3 is 5.32 Å². The summed E-state index contributed by atoms with van der Waals surface area (Å²) in [6.07, 6.45) is 0. The van der Waals surface area contributed by atoms with Crippen molar-refractivity contribution in [1.29, 1.82) is 0 Å². The number of tetrazole rings is 1. The Bertz CT molecular complexity index is 726. The summed E-state index contributed by atoms with van der Waals surface area (Å²) in [6.45, 7) is 0.187. The van der Waals surface area contributed by atoms with Crippen molar-refractivity contribution in [3.05, 3.63) is 47.5 Å². The van der Waals surface area contributed by atoms with Crippen LogP contribution in [0.1, 0.15) is 5.56 Å². The third-order valence-corrected chi connectivity index (χ3v) is 2.54. The monoisotopic (exact) mass is 262 g/mol.